The van der Waals surface area contributed by atoms with Crippen molar-refractivity contribution in [3.05, 3.63) is 59.8 Å². The van der Waals surface area contributed by atoms with Crippen LogP contribution in [0.25, 0.3) is 11.3 Å². The van der Waals surface area contributed by atoms with Gasteiger partial charge in [0.1, 0.15) is 17.0 Å². The minimum Gasteiger partial charge on any atom is -0.493 e. The van der Waals surface area contributed by atoms with Gasteiger partial charge >= 0.3 is 5.97 Å². The molecular formula is C22H19F2N3O4. The van der Waals surface area contributed by atoms with Gasteiger partial charge in [0.05, 0.1) is 26.5 Å². The van der Waals surface area contributed by atoms with Crippen molar-refractivity contribution >= 4 is 17.6 Å². The number of benzene rings is 2. The van der Waals surface area contributed by atoms with Crippen molar-refractivity contribution in [3.8, 4) is 22.8 Å². The van der Waals surface area contributed by atoms with Gasteiger partial charge in [0.25, 0.3) is 0 Å². The molecule has 2 aromatic carbocycles. The van der Waals surface area contributed by atoms with E-state index < -0.39 is 17.6 Å². The van der Waals surface area contributed by atoms with Gasteiger partial charge in [0.2, 0.25) is 5.95 Å². The lowest BCUT2D eigenvalue weighted by Gasteiger charge is -2.14. The summed E-state index contributed by atoms with van der Waals surface area (Å²) in [6.07, 6.45) is 2.22. The largest absolute Gasteiger partial charge is 0.493 e. The number of nitrogens with one attached hydrogen (secondary N) is 1. The van der Waals surface area contributed by atoms with Crippen LogP contribution in [0.3, 0.4) is 0 Å². The molecule has 0 radical (unpaired) electrons. The number of hydrogen-bond acceptors (Lipinski definition) is 7. The van der Waals surface area contributed by atoms with E-state index in [0.29, 0.717) is 36.4 Å². The maximum absolute atomic E-state index is 14.4. The molecule has 1 N–H and O–H groups in total. The Labute approximate surface area is 177 Å². The lowest BCUT2D eigenvalue weighted by Crippen LogP contribution is -2.09. The first-order valence-electron chi connectivity index (χ1n) is 9.62. The van der Waals surface area contributed by atoms with Gasteiger partial charge in [-0.15, -0.1) is 0 Å². The molecule has 0 spiro atoms. The summed E-state index contributed by atoms with van der Waals surface area (Å²) >= 11 is 0. The van der Waals surface area contributed by atoms with Crippen LogP contribution in [0, 0.1) is 11.6 Å². The first kappa shape index (κ1) is 20.5. The molecule has 3 aromatic rings. The SMILES string of the molecule is COC(=O)c1ccc2cc1OCCCCOc1cc(ccc1F)-c1nc(ncc1F)N2. The Bertz CT molecular complexity index is 1120. The molecule has 31 heavy (non-hydrogen) atoms. The quantitative estimate of drug-likeness (QED) is 0.573. The second-order valence-corrected chi connectivity index (χ2v) is 6.77. The summed E-state index contributed by atoms with van der Waals surface area (Å²) in [5.41, 5.74) is 1.16. The van der Waals surface area contributed by atoms with Crippen molar-refractivity contribution in [1.82, 2.24) is 9.97 Å². The van der Waals surface area contributed by atoms with Gasteiger partial charge in [-0.25, -0.2) is 23.5 Å². The van der Waals surface area contributed by atoms with Crippen LogP contribution in [0.4, 0.5) is 20.4 Å². The number of hydrogen-bond donors (Lipinski definition) is 1. The van der Waals surface area contributed by atoms with Gasteiger partial charge in [-0.2, -0.15) is 0 Å². The van der Waals surface area contributed by atoms with Crippen LogP contribution >= 0.6 is 0 Å². The molecule has 0 saturated carbocycles. The van der Waals surface area contributed by atoms with Crippen molar-refractivity contribution in [2.75, 3.05) is 25.6 Å². The van der Waals surface area contributed by atoms with E-state index in [1.54, 1.807) is 18.2 Å². The smallest absolute Gasteiger partial charge is 0.341 e. The molecule has 6 bridgehead atoms. The highest BCUT2D eigenvalue weighted by atomic mass is 19.1. The third kappa shape index (κ3) is 4.55. The van der Waals surface area contributed by atoms with E-state index in [1.807, 2.05) is 0 Å². The maximum atomic E-state index is 14.4. The highest BCUT2D eigenvalue weighted by Crippen LogP contribution is 2.30. The molecule has 0 fully saturated rings. The first-order chi connectivity index (χ1) is 15.0. The molecule has 0 aliphatic carbocycles. The molecule has 160 valence electrons. The number of aromatic nitrogens is 2. The molecule has 1 aliphatic rings. The van der Waals surface area contributed by atoms with Crippen molar-refractivity contribution in [2.24, 2.45) is 0 Å². The Morgan fingerprint density at radius 3 is 2.58 bits per heavy atom. The molecule has 0 amide bonds. The Kier molecular flexibility index (Phi) is 5.92. The normalized spacial score (nSPS) is 13.4. The standard InChI is InChI=1S/C22H19F2N3O4/c1-29-21(28)15-6-5-14-11-18(15)30-8-2-3-9-31-19-10-13(4-7-16(19)23)20-17(24)12-25-22(26-14)27-20/h4-7,10-12H,2-3,8-9H2,1H3,(H,25,26,27). The van der Waals surface area contributed by atoms with E-state index in [9.17, 15) is 13.6 Å². The Morgan fingerprint density at radius 2 is 1.81 bits per heavy atom. The predicted octanol–water partition coefficient (Wildman–Crippen LogP) is 4.50. The van der Waals surface area contributed by atoms with E-state index >= 15 is 0 Å². The van der Waals surface area contributed by atoms with Crippen LogP contribution in [0.2, 0.25) is 0 Å². The molecule has 0 saturated heterocycles. The summed E-state index contributed by atoms with van der Waals surface area (Å²) in [5.74, 6) is -1.29. The second-order valence-electron chi connectivity index (χ2n) is 6.77. The number of carbonyl (C=O) groups excluding carboxylic acids is 1. The Morgan fingerprint density at radius 1 is 1.03 bits per heavy atom. The zero-order chi connectivity index (χ0) is 21.8. The van der Waals surface area contributed by atoms with Crippen LogP contribution in [0.1, 0.15) is 23.2 Å². The van der Waals surface area contributed by atoms with E-state index in [4.69, 9.17) is 14.2 Å². The fraction of sp³-hybridized carbons (Fsp3) is 0.227. The predicted molar refractivity (Wildman–Crippen MR) is 109 cm³/mol. The number of ether oxygens (including phenoxy) is 3. The van der Waals surface area contributed by atoms with E-state index in [-0.39, 0.29) is 29.6 Å². The van der Waals surface area contributed by atoms with E-state index in [2.05, 4.69) is 15.3 Å². The van der Waals surface area contributed by atoms with Crippen LogP contribution in [-0.2, 0) is 4.74 Å². The van der Waals surface area contributed by atoms with Crippen molar-refractivity contribution < 1.29 is 27.8 Å². The van der Waals surface area contributed by atoms with E-state index in [0.717, 1.165) is 6.20 Å². The van der Waals surface area contributed by atoms with Crippen LogP contribution in [-0.4, -0.2) is 36.3 Å². The highest BCUT2D eigenvalue weighted by Gasteiger charge is 2.17. The van der Waals surface area contributed by atoms with Crippen LogP contribution in [0.15, 0.2) is 42.6 Å². The molecule has 9 heteroatoms. The number of rotatable bonds is 1. The van der Waals surface area contributed by atoms with Gasteiger partial charge in [0, 0.05) is 17.3 Å². The third-order valence-corrected chi connectivity index (χ3v) is 4.65. The molecule has 4 rings (SSSR count). The summed E-state index contributed by atoms with van der Waals surface area (Å²) in [7, 11) is 1.29. The molecule has 0 atom stereocenters. The summed E-state index contributed by atoms with van der Waals surface area (Å²) in [6, 6.07) is 8.87. The monoisotopic (exact) mass is 427 g/mol. The van der Waals surface area contributed by atoms with Crippen molar-refractivity contribution in [3.63, 3.8) is 0 Å². The third-order valence-electron chi connectivity index (χ3n) is 4.65. The summed E-state index contributed by atoms with van der Waals surface area (Å²) in [5, 5.41) is 2.97. The molecule has 1 aromatic heterocycles. The van der Waals surface area contributed by atoms with Crippen molar-refractivity contribution in [2.45, 2.75) is 12.8 Å². The minimum absolute atomic E-state index is 0.00269. The fourth-order valence-corrected chi connectivity index (χ4v) is 3.09. The van der Waals surface area contributed by atoms with Crippen LogP contribution in [0.5, 0.6) is 11.5 Å². The molecular weight excluding hydrogens is 408 g/mol. The topological polar surface area (TPSA) is 82.6 Å². The van der Waals surface area contributed by atoms with E-state index in [1.165, 1.54) is 25.3 Å². The number of fused-ring (bicyclic) bond motifs is 7. The number of nitrogens with zero attached hydrogens (tertiary/aromatic N) is 2. The number of anilines is 2. The summed E-state index contributed by atoms with van der Waals surface area (Å²) in [6.45, 7) is 0.559. The van der Waals surface area contributed by atoms with Gasteiger partial charge < -0.3 is 19.5 Å². The molecule has 7 nitrogen and oxygen atoms in total. The summed E-state index contributed by atoms with van der Waals surface area (Å²) in [4.78, 5) is 20.2. The zero-order valence-corrected chi connectivity index (χ0v) is 16.7. The lowest BCUT2D eigenvalue weighted by molar-refractivity contribution is 0.0596. The number of methoxy groups -OCH3 is 1. The zero-order valence-electron chi connectivity index (χ0n) is 16.7. The number of carbonyl (C=O) groups is 1. The average Bonchev–Trinajstić information content (AvgIpc) is 2.77. The average molecular weight is 427 g/mol. The van der Waals surface area contributed by atoms with Crippen LogP contribution < -0.4 is 14.8 Å². The molecule has 0 unspecified atom stereocenters. The van der Waals surface area contributed by atoms with Gasteiger partial charge in [-0.05, 0) is 43.2 Å². The Hall–Kier alpha value is -3.75. The molecule has 2 heterocycles. The van der Waals surface area contributed by atoms with Crippen molar-refractivity contribution in [1.29, 1.82) is 0 Å². The first-order valence-corrected chi connectivity index (χ1v) is 9.62. The minimum atomic E-state index is -0.658. The molecule has 1 aliphatic heterocycles. The second kappa shape index (κ2) is 8.95. The summed E-state index contributed by atoms with van der Waals surface area (Å²) < 4.78 is 44.7. The van der Waals surface area contributed by atoms with Gasteiger partial charge in [0.15, 0.2) is 17.4 Å². The van der Waals surface area contributed by atoms with Gasteiger partial charge in [-0.1, -0.05) is 0 Å². The highest BCUT2D eigenvalue weighted by molar-refractivity contribution is 5.93. The lowest BCUT2D eigenvalue weighted by atomic mass is 10.1. The number of halogens is 2. The fourth-order valence-electron chi connectivity index (χ4n) is 3.09. The van der Waals surface area contributed by atoms with Gasteiger partial charge in [-0.3, -0.25) is 0 Å². The number of esters is 1. The maximum Gasteiger partial charge on any atom is 0.341 e. The Balaban J connectivity index is 1.76.